The Morgan fingerprint density at radius 3 is 1.53 bits per heavy atom. The van der Waals surface area contributed by atoms with E-state index >= 15 is 0 Å². The van der Waals surface area contributed by atoms with Crippen LogP contribution in [0.5, 0.6) is 0 Å². The van der Waals surface area contributed by atoms with Gasteiger partial charge < -0.3 is 0 Å². The number of hydrogen-bond donors (Lipinski definition) is 1. The van der Waals surface area contributed by atoms with Crippen molar-refractivity contribution in [1.82, 2.24) is 4.98 Å². The third-order valence-corrected chi connectivity index (χ3v) is 35.4. The summed E-state index contributed by atoms with van der Waals surface area (Å²) in [5.74, 6) is 1.56. The van der Waals surface area contributed by atoms with Gasteiger partial charge >= 0.3 is 353 Å². The van der Waals surface area contributed by atoms with Gasteiger partial charge in [-0.3, -0.25) is 0 Å². The second-order valence-electron chi connectivity index (χ2n) is 20.1. The van der Waals surface area contributed by atoms with Gasteiger partial charge in [-0.15, -0.1) is 0 Å². The Balaban J connectivity index is 1.79. The smallest absolute Gasteiger partial charge is 0.0654 e. The molecule has 5 rings (SSSR count). The second-order valence-corrected chi connectivity index (χ2v) is 54.1. The third kappa shape index (κ3) is 12.5. The van der Waals surface area contributed by atoms with Crippen molar-refractivity contribution in [2.45, 2.75) is 200 Å². The molecular weight excluding hydrogens is 972 g/mol. The molecule has 0 spiro atoms. The molecule has 6 heteroatoms. The summed E-state index contributed by atoms with van der Waals surface area (Å²) >= 11 is 1.71. The molecular formula is C52H83NS3Sn2. The zero-order valence-electron chi connectivity index (χ0n) is 39.3. The Labute approximate surface area is 377 Å². The van der Waals surface area contributed by atoms with E-state index in [9.17, 15) is 0 Å². The molecule has 1 nitrogen and oxygen atoms in total. The van der Waals surface area contributed by atoms with Gasteiger partial charge in [-0.1, -0.05) is 27.7 Å². The minimum absolute atomic E-state index is 0.768. The van der Waals surface area contributed by atoms with Gasteiger partial charge in [0.05, 0.1) is 0 Å². The Morgan fingerprint density at radius 2 is 1.02 bits per heavy atom. The van der Waals surface area contributed by atoms with E-state index in [0.717, 1.165) is 11.8 Å². The maximum atomic E-state index is 4.24. The topological polar surface area (TPSA) is 15.8 Å². The number of rotatable bonds is 26. The summed E-state index contributed by atoms with van der Waals surface area (Å²) in [5, 5.41) is 3.11. The quantitative estimate of drug-likeness (QED) is 0.0420. The van der Waals surface area contributed by atoms with Crippen LogP contribution in [0, 0.1) is 11.8 Å². The monoisotopic (exact) mass is 1060 g/mol. The number of thiophene rings is 3. The molecule has 1 aromatic carbocycles. The number of aryl methyl sites for hydroxylation is 2. The van der Waals surface area contributed by atoms with Crippen molar-refractivity contribution in [2.24, 2.45) is 11.8 Å². The van der Waals surface area contributed by atoms with E-state index in [2.05, 4.69) is 134 Å². The Hall–Kier alpha value is -0.283. The van der Waals surface area contributed by atoms with E-state index in [1.165, 1.54) is 145 Å². The minimum Gasteiger partial charge on any atom is -0.0654 e. The zero-order valence-corrected chi connectivity index (χ0v) is 47.5. The van der Waals surface area contributed by atoms with Crippen LogP contribution in [-0.4, -0.2) is 41.7 Å². The zero-order chi connectivity index (χ0) is 42.0. The van der Waals surface area contributed by atoms with Crippen molar-refractivity contribution in [3.05, 3.63) is 46.0 Å². The fourth-order valence-corrected chi connectivity index (χ4v) is 23.3. The van der Waals surface area contributed by atoms with E-state index in [0.29, 0.717) is 0 Å². The standard InChI is InChI=1S/C46H65NS3.6CH3.2Sn/c1-7-13-17-19-23-39-35(29-33(11-5)21-15-9-3)31-40(47-39)43-37-25-27-49-46(37)44(38-26-28-48-45(38)43)42-32-36(30-34(12-6)22-16-10-4)41(50-42)24-20-18-14-8-2;;;;;;;;/h25-26,31-34,47H,7-24,29-30H2,1-6H3;6*1H3;;. The van der Waals surface area contributed by atoms with Gasteiger partial charge in [0.15, 0.2) is 0 Å². The van der Waals surface area contributed by atoms with E-state index in [-0.39, 0.29) is 0 Å². The van der Waals surface area contributed by atoms with E-state index in [4.69, 9.17) is 0 Å². The van der Waals surface area contributed by atoms with Crippen LogP contribution in [0.15, 0.2) is 24.3 Å². The van der Waals surface area contributed by atoms with Gasteiger partial charge in [0.2, 0.25) is 0 Å². The summed E-state index contributed by atoms with van der Waals surface area (Å²) in [5.41, 5.74) is 9.35. The molecule has 0 amide bonds. The molecule has 5 aromatic rings. The van der Waals surface area contributed by atoms with Crippen molar-refractivity contribution in [3.63, 3.8) is 0 Å². The molecule has 4 heterocycles. The van der Waals surface area contributed by atoms with Crippen LogP contribution in [0.1, 0.15) is 166 Å². The first-order valence-electron chi connectivity index (χ1n) is 24.1. The van der Waals surface area contributed by atoms with Crippen LogP contribution in [0.3, 0.4) is 0 Å². The van der Waals surface area contributed by atoms with Gasteiger partial charge in [0.25, 0.3) is 0 Å². The number of aromatic amines is 1. The molecule has 2 unspecified atom stereocenters. The van der Waals surface area contributed by atoms with E-state index in [1.807, 2.05) is 0 Å². The molecule has 322 valence electrons. The molecule has 0 aliphatic rings. The second kappa shape index (κ2) is 22.9. The number of nitrogens with one attached hydrogen (secondary N) is 1. The van der Waals surface area contributed by atoms with Gasteiger partial charge in [-0.05, 0) is 0 Å². The molecule has 58 heavy (non-hydrogen) atoms. The fraction of sp³-hybridized carbons (Fsp3) is 0.654. The van der Waals surface area contributed by atoms with Crippen LogP contribution >= 0.6 is 34.0 Å². The molecule has 0 saturated carbocycles. The molecule has 0 bridgehead atoms. The first kappa shape index (κ1) is 48.7. The van der Waals surface area contributed by atoms with Crippen molar-refractivity contribution in [2.75, 3.05) is 0 Å². The number of H-pyrrole nitrogens is 1. The molecule has 0 saturated heterocycles. The van der Waals surface area contributed by atoms with Gasteiger partial charge in [0, 0.05) is 0 Å². The molecule has 0 fully saturated rings. The van der Waals surface area contributed by atoms with Crippen LogP contribution in [0.4, 0.5) is 0 Å². The van der Waals surface area contributed by atoms with Crippen molar-refractivity contribution in [3.8, 4) is 21.7 Å². The number of hydrogen-bond acceptors (Lipinski definition) is 3. The average molecular weight is 1060 g/mol. The summed E-state index contributed by atoms with van der Waals surface area (Å²) in [6, 6.07) is 10.8. The average Bonchev–Trinajstić information content (AvgIpc) is 3.99. The Bertz CT molecular complexity index is 1810. The first-order valence-corrected chi connectivity index (χ1v) is 46.6. The minimum atomic E-state index is -2.43. The molecule has 4 aromatic heterocycles. The number of benzene rings is 1. The Kier molecular flexibility index (Phi) is 19.2. The van der Waals surface area contributed by atoms with Gasteiger partial charge in [0.1, 0.15) is 0 Å². The van der Waals surface area contributed by atoms with Crippen molar-refractivity contribution >= 4 is 96.7 Å². The molecule has 0 aliphatic carbocycles. The summed E-state index contributed by atoms with van der Waals surface area (Å²) in [6.45, 7) is 14.3. The Morgan fingerprint density at radius 1 is 0.517 bits per heavy atom. The maximum absolute atomic E-state index is 4.24. The summed E-state index contributed by atoms with van der Waals surface area (Å²) < 4.78 is 6.59. The number of unbranched alkanes of at least 4 members (excludes halogenated alkanes) is 8. The number of aromatic nitrogens is 1. The number of fused-ring (bicyclic) bond motifs is 2. The molecule has 2 atom stereocenters. The predicted octanol–water partition coefficient (Wildman–Crippen LogP) is 17.7. The van der Waals surface area contributed by atoms with Gasteiger partial charge in [-0.25, -0.2) is 0 Å². The predicted molar refractivity (Wildman–Crippen MR) is 276 cm³/mol. The van der Waals surface area contributed by atoms with Crippen LogP contribution in [-0.2, 0) is 25.7 Å². The fourth-order valence-electron chi connectivity index (χ4n) is 9.02. The molecule has 1 N–H and O–H groups in total. The normalized spacial score (nSPS) is 13.7. The van der Waals surface area contributed by atoms with Crippen LogP contribution in [0.2, 0.25) is 29.6 Å². The van der Waals surface area contributed by atoms with E-state index < -0.39 is 36.8 Å². The molecule has 0 aliphatic heterocycles. The third-order valence-electron chi connectivity index (χ3n) is 13.0. The van der Waals surface area contributed by atoms with E-state index in [1.54, 1.807) is 52.4 Å². The van der Waals surface area contributed by atoms with Crippen molar-refractivity contribution in [1.29, 1.82) is 0 Å². The SMILES string of the molecule is CCCCCCc1[nH]c(-c2c3c[c]([Sn]([CH3])([CH3])[CH3])sc3c(-c3cc(CC(CC)CCCC)c(CCCCCC)s3)c3c[c]([Sn]([CH3])([CH3])[CH3])sc23)cc1CC(CC)CCCC. The molecule has 0 radical (unpaired) electrons. The van der Waals surface area contributed by atoms with Crippen molar-refractivity contribution < 1.29 is 0 Å². The summed E-state index contributed by atoms with van der Waals surface area (Å²) in [4.78, 5) is 23.3. The first-order chi connectivity index (χ1) is 27.8. The van der Waals surface area contributed by atoms with Crippen LogP contribution in [0.25, 0.3) is 41.9 Å². The van der Waals surface area contributed by atoms with Crippen LogP contribution < -0.4 is 5.79 Å². The van der Waals surface area contributed by atoms with Gasteiger partial charge in [-0.2, -0.15) is 0 Å². The summed E-state index contributed by atoms with van der Waals surface area (Å²) in [6.07, 6.45) is 26.1. The summed E-state index contributed by atoms with van der Waals surface area (Å²) in [7, 11) is 0.